The molecule has 21 heavy (non-hydrogen) atoms. The molecule has 0 radical (unpaired) electrons. The van der Waals surface area contributed by atoms with Gasteiger partial charge in [-0.2, -0.15) is 0 Å². The summed E-state index contributed by atoms with van der Waals surface area (Å²) in [7, 11) is 0. The topological polar surface area (TPSA) is 15.3 Å². The Morgan fingerprint density at radius 3 is 2.19 bits per heavy atom. The van der Waals surface area contributed by atoms with E-state index in [1.54, 1.807) is 0 Å². The second-order valence-corrected chi connectivity index (χ2v) is 8.75. The van der Waals surface area contributed by atoms with Gasteiger partial charge in [0.1, 0.15) is 0 Å². The molecule has 1 N–H and O–H groups in total. The van der Waals surface area contributed by atoms with Crippen molar-refractivity contribution in [3.8, 4) is 0 Å². The van der Waals surface area contributed by atoms with E-state index in [2.05, 4.69) is 17.1 Å². The van der Waals surface area contributed by atoms with Crippen molar-refractivity contribution >= 4 is 0 Å². The maximum absolute atomic E-state index is 4.05. The molecule has 4 rings (SSSR count). The molecule has 2 heteroatoms. The van der Waals surface area contributed by atoms with E-state index in [0.29, 0.717) is 11.1 Å². The molecule has 1 heterocycles. The summed E-state index contributed by atoms with van der Waals surface area (Å²) in [5.41, 5.74) is 0.939. The molecule has 1 spiro atoms. The van der Waals surface area contributed by atoms with E-state index >= 15 is 0 Å². The first kappa shape index (κ1) is 14.5. The van der Waals surface area contributed by atoms with Crippen LogP contribution in [0.15, 0.2) is 0 Å². The molecular weight excluding hydrogens is 256 g/mol. The van der Waals surface area contributed by atoms with Crippen molar-refractivity contribution in [1.82, 2.24) is 10.2 Å². The quantitative estimate of drug-likeness (QED) is 0.824. The summed E-state index contributed by atoms with van der Waals surface area (Å²) in [6.07, 6.45) is 17.6. The first-order valence-corrected chi connectivity index (χ1v) is 9.74. The zero-order valence-electron chi connectivity index (χ0n) is 14.0. The fourth-order valence-corrected chi connectivity index (χ4v) is 5.62. The average molecular weight is 290 g/mol. The molecule has 120 valence electrons. The van der Waals surface area contributed by atoms with E-state index in [4.69, 9.17) is 0 Å². The van der Waals surface area contributed by atoms with Crippen molar-refractivity contribution in [2.75, 3.05) is 13.1 Å². The van der Waals surface area contributed by atoms with Gasteiger partial charge >= 0.3 is 0 Å². The van der Waals surface area contributed by atoms with Crippen LogP contribution in [0, 0.1) is 5.92 Å². The largest absolute Gasteiger partial charge is 0.308 e. The van der Waals surface area contributed by atoms with Crippen molar-refractivity contribution in [1.29, 1.82) is 0 Å². The summed E-state index contributed by atoms with van der Waals surface area (Å²) in [6, 6.07) is 0.900. The van der Waals surface area contributed by atoms with Gasteiger partial charge in [-0.3, -0.25) is 4.90 Å². The Balaban J connectivity index is 1.57. The summed E-state index contributed by atoms with van der Waals surface area (Å²) in [5, 5.41) is 4.05. The summed E-state index contributed by atoms with van der Waals surface area (Å²) in [5.74, 6) is 0.963. The highest BCUT2D eigenvalue weighted by molar-refractivity contribution is 5.11. The zero-order chi connectivity index (χ0) is 14.3. The lowest BCUT2D eigenvalue weighted by atomic mass is 9.74. The lowest BCUT2D eigenvalue weighted by molar-refractivity contribution is -0.0576. The predicted molar refractivity (Wildman–Crippen MR) is 88.5 cm³/mol. The molecule has 1 aliphatic heterocycles. The Morgan fingerprint density at radius 2 is 1.52 bits per heavy atom. The summed E-state index contributed by atoms with van der Waals surface area (Å²) >= 11 is 0. The van der Waals surface area contributed by atoms with Gasteiger partial charge in [-0.15, -0.1) is 0 Å². The van der Waals surface area contributed by atoms with Crippen LogP contribution in [0.5, 0.6) is 0 Å². The van der Waals surface area contributed by atoms with Gasteiger partial charge in [0.2, 0.25) is 0 Å². The minimum absolute atomic E-state index is 0.417. The Hall–Kier alpha value is -0.0800. The fourth-order valence-electron chi connectivity index (χ4n) is 5.62. The van der Waals surface area contributed by atoms with E-state index in [0.717, 1.165) is 12.0 Å². The maximum Gasteiger partial charge on any atom is 0.0337 e. The molecule has 3 aliphatic carbocycles. The highest BCUT2D eigenvalue weighted by Gasteiger charge is 2.52. The van der Waals surface area contributed by atoms with Crippen LogP contribution >= 0.6 is 0 Å². The first-order valence-electron chi connectivity index (χ1n) is 9.74. The lowest BCUT2D eigenvalue weighted by Crippen LogP contribution is -2.72. The van der Waals surface area contributed by atoms with E-state index in [9.17, 15) is 0 Å². The fraction of sp³-hybridized carbons (Fsp3) is 1.00. The van der Waals surface area contributed by atoms with Gasteiger partial charge in [0.05, 0.1) is 0 Å². The smallest absolute Gasteiger partial charge is 0.0337 e. The second kappa shape index (κ2) is 5.53. The average Bonchev–Trinajstić information content (AvgIpc) is 3.37. The van der Waals surface area contributed by atoms with Crippen LogP contribution in [-0.4, -0.2) is 35.1 Å². The van der Waals surface area contributed by atoms with Gasteiger partial charge in [-0.05, 0) is 51.4 Å². The number of rotatable bonds is 2. The number of hydrogen-bond donors (Lipinski definition) is 1. The van der Waals surface area contributed by atoms with Crippen molar-refractivity contribution < 1.29 is 0 Å². The molecule has 0 bridgehead atoms. The first-order chi connectivity index (χ1) is 10.2. The van der Waals surface area contributed by atoms with Crippen LogP contribution in [0.25, 0.3) is 0 Å². The summed E-state index contributed by atoms with van der Waals surface area (Å²) < 4.78 is 0. The Kier molecular flexibility index (Phi) is 3.82. The van der Waals surface area contributed by atoms with Crippen LogP contribution in [0.1, 0.15) is 84.0 Å². The van der Waals surface area contributed by atoms with E-state index < -0.39 is 0 Å². The minimum atomic E-state index is 0.417. The van der Waals surface area contributed by atoms with Crippen molar-refractivity contribution in [3.63, 3.8) is 0 Å². The number of hydrogen-bond acceptors (Lipinski definition) is 2. The van der Waals surface area contributed by atoms with Crippen LogP contribution in [0.4, 0.5) is 0 Å². The maximum atomic E-state index is 4.05. The molecule has 1 atom stereocenters. The molecule has 3 saturated carbocycles. The molecule has 1 unspecified atom stereocenters. The number of nitrogens with zero attached hydrogens (tertiary/aromatic N) is 1. The second-order valence-electron chi connectivity index (χ2n) is 8.75. The van der Waals surface area contributed by atoms with Gasteiger partial charge < -0.3 is 5.32 Å². The molecule has 0 amide bonds. The third-order valence-corrected chi connectivity index (χ3v) is 7.21. The highest BCUT2D eigenvalue weighted by atomic mass is 15.3. The minimum Gasteiger partial charge on any atom is -0.308 e. The van der Waals surface area contributed by atoms with Gasteiger partial charge in [-0.25, -0.2) is 0 Å². The third-order valence-electron chi connectivity index (χ3n) is 7.21. The lowest BCUT2D eigenvalue weighted by Gasteiger charge is -2.58. The molecule has 0 aromatic rings. The molecule has 1 saturated heterocycles. The summed E-state index contributed by atoms with van der Waals surface area (Å²) in [6.45, 7) is 5.13. The Morgan fingerprint density at radius 1 is 0.857 bits per heavy atom. The Bertz CT molecular complexity index is 364. The van der Waals surface area contributed by atoms with Gasteiger partial charge in [-0.1, -0.05) is 38.5 Å². The third kappa shape index (κ3) is 2.67. The van der Waals surface area contributed by atoms with E-state index in [-0.39, 0.29) is 0 Å². The molecule has 4 aliphatic rings. The van der Waals surface area contributed by atoms with Crippen molar-refractivity contribution in [2.45, 2.75) is 101 Å². The van der Waals surface area contributed by atoms with Crippen LogP contribution in [-0.2, 0) is 0 Å². The number of piperazine rings is 1. The summed E-state index contributed by atoms with van der Waals surface area (Å²) in [4.78, 5) is 3.06. The molecule has 2 nitrogen and oxygen atoms in total. The molecule has 0 aromatic heterocycles. The van der Waals surface area contributed by atoms with Crippen molar-refractivity contribution in [3.05, 3.63) is 0 Å². The number of nitrogens with one attached hydrogen (secondary N) is 1. The highest BCUT2D eigenvalue weighted by Crippen LogP contribution is 2.47. The molecule has 0 aromatic carbocycles. The van der Waals surface area contributed by atoms with Crippen LogP contribution in [0.3, 0.4) is 0 Å². The van der Waals surface area contributed by atoms with Crippen LogP contribution in [0.2, 0.25) is 0 Å². The van der Waals surface area contributed by atoms with Crippen molar-refractivity contribution in [2.24, 2.45) is 5.92 Å². The normalized spacial score (nSPS) is 38.7. The van der Waals surface area contributed by atoms with Gasteiger partial charge in [0, 0.05) is 30.2 Å². The zero-order valence-corrected chi connectivity index (χ0v) is 14.0. The Labute approximate surface area is 131 Å². The van der Waals surface area contributed by atoms with E-state index in [1.165, 1.54) is 90.1 Å². The van der Waals surface area contributed by atoms with Crippen LogP contribution < -0.4 is 5.32 Å². The standard InChI is InChI=1S/C19H34N2/c1-18(16-10-11-16)15-21(17-8-4-2-5-9-17)19(14-20-18)12-6-3-7-13-19/h16-17,20H,2-15H2,1H3. The molecule has 4 fully saturated rings. The monoisotopic (exact) mass is 290 g/mol. The SMILES string of the molecule is CC1(C2CC2)CN(C2CCCCC2)C2(CCCCC2)CN1. The van der Waals surface area contributed by atoms with Gasteiger partial charge in [0.15, 0.2) is 0 Å². The molecular formula is C19H34N2. The predicted octanol–water partition coefficient (Wildman–Crippen LogP) is 4.10. The van der Waals surface area contributed by atoms with E-state index in [1.807, 2.05) is 0 Å². The van der Waals surface area contributed by atoms with Gasteiger partial charge in [0.25, 0.3) is 0 Å².